The van der Waals surface area contributed by atoms with Gasteiger partial charge in [-0.15, -0.1) is 0 Å². The van der Waals surface area contributed by atoms with Crippen LogP contribution < -0.4 is 9.47 Å². The number of ether oxygens (including phenoxy) is 2. The minimum absolute atomic E-state index is 0.231. The second-order valence-electron chi connectivity index (χ2n) is 4.58. The lowest BCUT2D eigenvalue weighted by molar-refractivity contribution is 0.392. The quantitative estimate of drug-likeness (QED) is 0.678. The molecule has 0 aliphatic rings. The summed E-state index contributed by atoms with van der Waals surface area (Å²) in [7, 11) is 3.08. The summed E-state index contributed by atoms with van der Waals surface area (Å²) >= 11 is 9.84. The lowest BCUT2D eigenvalue weighted by Crippen LogP contribution is -2.00. The van der Waals surface area contributed by atoms with Gasteiger partial charge in [-0.3, -0.25) is 0 Å². The van der Waals surface area contributed by atoms with Crippen molar-refractivity contribution < 1.29 is 13.9 Å². The van der Waals surface area contributed by atoms with Crippen LogP contribution in [0, 0.1) is 12.7 Å². The molecule has 2 aromatic rings. The van der Waals surface area contributed by atoms with E-state index in [4.69, 9.17) is 21.1 Å². The van der Waals surface area contributed by atoms with Gasteiger partial charge >= 0.3 is 0 Å². The van der Waals surface area contributed by atoms with Crippen LogP contribution in [0.25, 0.3) is 0 Å². The first-order valence-corrected chi connectivity index (χ1v) is 7.59. The number of hydrogen-bond donors (Lipinski definition) is 0. The third-order valence-corrected chi connectivity index (χ3v) is 4.66. The number of halogens is 3. The van der Waals surface area contributed by atoms with E-state index in [9.17, 15) is 4.39 Å². The fraction of sp³-hybridized carbons (Fsp3) is 0.250. The molecule has 21 heavy (non-hydrogen) atoms. The Labute approximate surface area is 137 Å². The first-order chi connectivity index (χ1) is 9.99. The zero-order valence-corrected chi connectivity index (χ0v) is 14.3. The summed E-state index contributed by atoms with van der Waals surface area (Å²) in [6, 6.07) is 8.73. The molecule has 0 aliphatic carbocycles. The van der Waals surface area contributed by atoms with E-state index in [1.165, 1.54) is 6.07 Å². The van der Waals surface area contributed by atoms with E-state index in [0.29, 0.717) is 22.1 Å². The maximum atomic E-state index is 13.7. The Morgan fingerprint density at radius 2 is 1.86 bits per heavy atom. The maximum absolute atomic E-state index is 13.7. The fourth-order valence-electron chi connectivity index (χ4n) is 2.06. The average molecular weight is 374 g/mol. The zero-order valence-electron chi connectivity index (χ0n) is 11.9. The van der Waals surface area contributed by atoms with E-state index in [1.807, 2.05) is 12.1 Å². The van der Waals surface area contributed by atoms with Crippen molar-refractivity contribution >= 4 is 27.5 Å². The molecule has 0 bridgehead atoms. The lowest BCUT2D eigenvalue weighted by Gasteiger charge is -2.17. The van der Waals surface area contributed by atoms with E-state index in [0.717, 1.165) is 11.1 Å². The first-order valence-electron chi connectivity index (χ1n) is 6.30. The van der Waals surface area contributed by atoms with Crippen LogP contribution >= 0.6 is 27.5 Å². The Morgan fingerprint density at radius 1 is 1.14 bits per heavy atom. The maximum Gasteiger partial charge on any atom is 0.145 e. The molecule has 0 aromatic heterocycles. The molecule has 1 unspecified atom stereocenters. The zero-order chi connectivity index (χ0) is 15.6. The van der Waals surface area contributed by atoms with Crippen molar-refractivity contribution in [3.8, 4) is 11.5 Å². The molecule has 0 saturated heterocycles. The summed E-state index contributed by atoms with van der Waals surface area (Å²) in [5, 5.41) is 0.398. The van der Waals surface area contributed by atoms with Crippen LogP contribution in [0.5, 0.6) is 11.5 Å². The van der Waals surface area contributed by atoms with Crippen LogP contribution in [0.3, 0.4) is 0 Å². The van der Waals surface area contributed by atoms with Crippen molar-refractivity contribution in [1.82, 2.24) is 0 Å². The largest absolute Gasteiger partial charge is 0.495 e. The molecule has 5 heteroatoms. The summed E-state index contributed by atoms with van der Waals surface area (Å²) in [5.74, 6) is 0.807. The molecule has 0 heterocycles. The summed E-state index contributed by atoms with van der Waals surface area (Å²) in [5.41, 5.74) is 2.21. The first kappa shape index (κ1) is 16.1. The summed E-state index contributed by atoms with van der Waals surface area (Å²) < 4.78 is 24.3. The van der Waals surface area contributed by atoms with E-state index >= 15 is 0 Å². The second-order valence-corrected chi connectivity index (χ2v) is 5.87. The minimum atomic E-state index is -0.240. The molecule has 0 radical (unpaired) electrons. The SMILES string of the molecule is COc1ccc(C(Br)c2ccc(C)c(F)c2)c(OC)c1Cl. The van der Waals surface area contributed by atoms with Gasteiger partial charge in [0.25, 0.3) is 0 Å². The third kappa shape index (κ3) is 3.16. The summed E-state index contributed by atoms with van der Waals surface area (Å²) in [4.78, 5) is -0.231. The molecule has 112 valence electrons. The number of aryl methyl sites for hydroxylation is 1. The highest BCUT2D eigenvalue weighted by Gasteiger charge is 2.20. The number of benzene rings is 2. The van der Waals surface area contributed by atoms with Gasteiger partial charge in [-0.25, -0.2) is 4.39 Å². The highest BCUT2D eigenvalue weighted by Crippen LogP contribution is 2.44. The van der Waals surface area contributed by atoms with Crippen LogP contribution in [0.15, 0.2) is 30.3 Å². The Balaban J connectivity index is 2.50. The Morgan fingerprint density at radius 3 is 2.43 bits per heavy atom. The molecule has 0 aliphatic heterocycles. The van der Waals surface area contributed by atoms with Crippen LogP contribution in [-0.4, -0.2) is 14.2 Å². The van der Waals surface area contributed by atoms with Gasteiger partial charge in [0.1, 0.15) is 22.3 Å². The highest BCUT2D eigenvalue weighted by atomic mass is 79.9. The van der Waals surface area contributed by atoms with Crippen LogP contribution in [0.2, 0.25) is 5.02 Å². The molecule has 0 saturated carbocycles. The van der Waals surface area contributed by atoms with Gasteiger partial charge < -0.3 is 9.47 Å². The lowest BCUT2D eigenvalue weighted by atomic mass is 10.0. The predicted octanol–water partition coefficient (Wildman–Crippen LogP) is 5.29. The standard InChI is InChI=1S/C16H15BrClFO2/c1-9-4-5-10(8-12(9)19)14(17)11-6-7-13(20-2)15(18)16(11)21-3/h4-8,14H,1-3H3. The van der Waals surface area contributed by atoms with Gasteiger partial charge in [-0.1, -0.05) is 45.7 Å². The van der Waals surface area contributed by atoms with Crippen molar-refractivity contribution in [1.29, 1.82) is 0 Å². The molecule has 2 nitrogen and oxygen atoms in total. The Bertz CT molecular complexity index is 661. The van der Waals surface area contributed by atoms with Crippen LogP contribution in [-0.2, 0) is 0 Å². The third-order valence-electron chi connectivity index (χ3n) is 3.28. The Hall–Kier alpha value is -1.26. The van der Waals surface area contributed by atoms with Crippen molar-refractivity contribution in [2.24, 2.45) is 0 Å². The molecule has 0 spiro atoms. The van der Waals surface area contributed by atoms with E-state index in [2.05, 4.69) is 15.9 Å². The number of hydrogen-bond acceptors (Lipinski definition) is 2. The second kappa shape index (κ2) is 6.67. The molecule has 0 N–H and O–H groups in total. The van der Waals surface area contributed by atoms with E-state index in [-0.39, 0.29) is 10.6 Å². The van der Waals surface area contributed by atoms with E-state index < -0.39 is 0 Å². The minimum Gasteiger partial charge on any atom is -0.495 e. The molecule has 0 amide bonds. The number of rotatable bonds is 4. The molecular weight excluding hydrogens is 359 g/mol. The smallest absolute Gasteiger partial charge is 0.145 e. The molecule has 0 fully saturated rings. The van der Waals surface area contributed by atoms with Gasteiger partial charge in [0.2, 0.25) is 0 Å². The van der Waals surface area contributed by atoms with Crippen molar-refractivity contribution in [3.05, 3.63) is 57.9 Å². The van der Waals surface area contributed by atoms with Crippen molar-refractivity contribution in [2.75, 3.05) is 14.2 Å². The fourth-order valence-corrected chi connectivity index (χ4v) is 3.04. The van der Waals surface area contributed by atoms with Crippen LogP contribution in [0.1, 0.15) is 21.5 Å². The molecule has 2 rings (SSSR count). The highest BCUT2D eigenvalue weighted by molar-refractivity contribution is 9.09. The van der Waals surface area contributed by atoms with Gasteiger partial charge in [0.15, 0.2) is 0 Å². The average Bonchev–Trinajstić information content (AvgIpc) is 2.49. The summed E-state index contributed by atoms with van der Waals surface area (Å²) in [6.45, 7) is 1.73. The van der Waals surface area contributed by atoms with Crippen molar-refractivity contribution in [2.45, 2.75) is 11.8 Å². The number of alkyl halides is 1. The van der Waals surface area contributed by atoms with Gasteiger partial charge in [-0.05, 0) is 30.2 Å². The van der Waals surface area contributed by atoms with Crippen molar-refractivity contribution in [3.63, 3.8) is 0 Å². The molecular formula is C16H15BrClFO2. The number of methoxy groups -OCH3 is 2. The summed E-state index contributed by atoms with van der Waals surface area (Å²) in [6.07, 6.45) is 0. The van der Waals surface area contributed by atoms with Gasteiger partial charge in [-0.2, -0.15) is 0 Å². The van der Waals surface area contributed by atoms with Gasteiger partial charge in [0, 0.05) is 5.56 Å². The normalized spacial score (nSPS) is 12.1. The molecule has 2 aromatic carbocycles. The van der Waals surface area contributed by atoms with Gasteiger partial charge in [0.05, 0.1) is 19.0 Å². The monoisotopic (exact) mass is 372 g/mol. The van der Waals surface area contributed by atoms with Crippen LogP contribution in [0.4, 0.5) is 4.39 Å². The predicted molar refractivity (Wildman–Crippen MR) is 86.5 cm³/mol. The topological polar surface area (TPSA) is 18.5 Å². The Kier molecular flexibility index (Phi) is 5.12. The molecule has 1 atom stereocenters. The van der Waals surface area contributed by atoms with E-state index in [1.54, 1.807) is 33.3 Å².